The summed E-state index contributed by atoms with van der Waals surface area (Å²) in [7, 11) is 0. The van der Waals surface area contributed by atoms with E-state index in [-0.39, 0.29) is 31.7 Å². The van der Waals surface area contributed by atoms with Gasteiger partial charge in [0.15, 0.2) is 10.8 Å². The maximum atomic E-state index is 13.9. The smallest absolute Gasteiger partial charge is 0.337 e. The summed E-state index contributed by atoms with van der Waals surface area (Å²) in [6.45, 7) is 0.945. The first-order valence-electron chi connectivity index (χ1n) is 8.76. The van der Waals surface area contributed by atoms with Crippen molar-refractivity contribution in [3.8, 4) is 0 Å². The lowest BCUT2D eigenvalue weighted by molar-refractivity contribution is -0.151. The second-order valence-electron chi connectivity index (χ2n) is 6.46. The number of aliphatic imine (C=N–C) groups is 1. The topological polar surface area (TPSA) is 104 Å². The number of thiazole rings is 1. The molecule has 3 rings (SSSR count). The van der Waals surface area contributed by atoms with Gasteiger partial charge in [0.1, 0.15) is 6.04 Å². The molecule has 1 atom stereocenters. The zero-order valence-corrected chi connectivity index (χ0v) is 16.0. The molecule has 1 saturated heterocycles. The van der Waals surface area contributed by atoms with Crippen molar-refractivity contribution in [1.29, 1.82) is 0 Å². The molecule has 1 aromatic rings. The number of ether oxygens (including phenoxy) is 1. The van der Waals surface area contributed by atoms with Crippen LogP contribution >= 0.6 is 11.3 Å². The normalized spacial score (nSPS) is 22.4. The summed E-state index contributed by atoms with van der Waals surface area (Å²) in [6.07, 6.45) is 0.946. The van der Waals surface area contributed by atoms with Crippen LogP contribution in [0.3, 0.4) is 0 Å². The van der Waals surface area contributed by atoms with Crippen LogP contribution in [0.2, 0.25) is 0 Å². The first kappa shape index (κ1) is 20.3. The zero-order valence-electron chi connectivity index (χ0n) is 15.2. The number of nitrogens with zero attached hydrogens (tertiary/aromatic N) is 3. The molecule has 3 heterocycles. The van der Waals surface area contributed by atoms with E-state index in [0.29, 0.717) is 16.5 Å². The Bertz CT molecular complexity index is 810. The van der Waals surface area contributed by atoms with E-state index in [0.717, 1.165) is 0 Å². The molecule has 1 fully saturated rings. The fourth-order valence-corrected chi connectivity index (χ4v) is 3.78. The van der Waals surface area contributed by atoms with E-state index in [4.69, 9.17) is 4.74 Å². The summed E-state index contributed by atoms with van der Waals surface area (Å²) in [5, 5.41) is 14.7. The van der Waals surface area contributed by atoms with Crippen molar-refractivity contribution < 1.29 is 28.2 Å². The molecule has 11 heteroatoms. The molecule has 28 heavy (non-hydrogen) atoms. The van der Waals surface area contributed by atoms with Gasteiger partial charge in [-0.15, -0.1) is 11.3 Å². The summed E-state index contributed by atoms with van der Waals surface area (Å²) < 4.78 is 32.9. The number of carbonyl (C=O) groups is 2. The fourth-order valence-electron chi connectivity index (χ4n) is 3.18. The molecule has 1 aromatic heterocycles. The molecule has 0 unspecified atom stereocenters. The Labute approximate surface area is 163 Å². The molecule has 152 valence electrons. The van der Waals surface area contributed by atoms with Crippen molar-refractivity contribution in [2.75, 3.05) is 26.2 Å². The SMILES string of the molecule is CCOC(=O)C1=C(CN2CC(F)(F)CC[C@H]2C(=O)O)NC(c2nccs2)=NC1. The number of nitrogens with one attached hydrogen (secondary N) is 1. The fraction of sp³-hybridized carbons (Fsp3) is 0.529. The predicted molar refractivity (Wildman–Crippen MR) is 97.5 cm³/mol. The van der Waals surface area contributed by atoms with Crippen molar-refractivity contribution in [3.05, 3.63) is 27.9 Å². The molecular formula is C17H20F2N4O4S. The van der Waals surface area contributed by atoms with Gasteiger partial charge in [0, 0.05) is 30.2 Å². The van der Waals surface area contributed by atoms with Crippen molar-refractivity contribution in [2.24, 2.45) is 4.99 Å². The molecule has 0 amide bonds. The van der Waals surface area contributed by atoms with Gasteiger partial charge in [0.25, 0.3) is 5.92 Å². The number of piperidine rings is 1. The van der Waals surface area contributed by atoms with Crippen LogP contribution in [-0.2, 0) is 14.3 Å². The summed E-state index contributed by atoms with van der Waals surface area (Å²) in [6, 6.07) is -1.06. The van der Waals surface area contributed by atoms with Crippen molar-refractivity contribution in [1.82, 2.24) is 15.2 Å². The molecule has 0 aliphatic carbocycles. The number of halogens is 2. The van der Waals surface area contributed by atoms with Crippen molar-refractivity contribution in [2.45, 2.75) is 31.7 Å². The van der Waals surface area contributed by atoms with Crippen LogP contribution in [0.15, 0.2) is 27.8 Å². The van der Waals surface area contributed by atoms with E-state index in [1.54, 1.807) is 18.5 Å². The second-order valence-corrected chi connectivity index (χ2v) is 7.35. The van der Waals surface area contributed by atoms with E-state index < -0.39 is 36.9 Å². The van der Waals surface area contributed by atoms with Gasteiger partial charge in [0.05, 0.1) is 25.3 Å². The number of aliphatic carboxylic acids is 1. The highest BCUT2D eigenvalue weighted by atomic mass is 32.1. The molecule has 2 aliphatic rings. The van der Waals surface area contributed by atoms with Crippen LogP contribution in [0.25, 0.3) is 0 Å². The average Bonchev–Trinajstić information content (AvgIpc) is 3.15. The minimum atomic E-state index is -2.99. The van der Waals surface area contributed by atoms with Crippen LogP contribution in [0.5, 0.6) is 0 Å². The highest BCUT2D eigenvalue weighted by molar-refractivity contribution is 7.11. The standard InChI is InChI=1S/C17H20F2N4O4S/c1-2-27-16(26)10-7-21-13(14-20-5-6-28-14)22-11(10)8-23-9-17(18,19)4-3-12(23)15(24)25/h5-6,12H,2-4,7-9H2,1H3,(H,21,22)(H,24,25)/t12-/m0/s1. The van der Waals surface area contributed by atoms with E-state index in [1.165, 1.54) is 16.2 Å². The van der Waals surface area contributed by atoms with Crippen LogP contribution in [0.1, 0.15) is 24.8 Å². The molecule has 0 saturated carbocycles. The Morgan fingerprint density at radius 3 is 2.93 bits per heavy atom. The van der Waals surface area contributed by atoms with Gasteiger partial charge in [-0.2, -0.15) is 0 Å². The molecular weight excluding hydrogens is 394 g/mol. The number of likely N-dealkylation sites (tertiary alicyclic amines) is 1. The number of amidine groups is 1. The number of hydrogen-bond donors (Lipinski definition) is 2. The Kier molecular flexibility index (Phi) is 6.04. The highest BCUT2D eigenvalue weighted by Crippen LogP contribution is 2.31. The average molecular weight is 414 g/mol. The number of rotatable bonds is 6. The number of carbonyl (C=O) groups excluding carboxylic acids is 1. The lowest BCUT2D eigenvalue weighted by Gasteiger charge is -2.38. The summed E-state index contributed by atoms with van der Waals surface area (Å²) in [5.74, 6) is -4.35. The number of aromatic nitrogens is 1. The molecule has 2 aliphatic heterocycles. The summed E-state index contributed by atoms with van der Waals surface area (Å²) in [4.78, 5) is 33.5. The first-order valence-corrected chi connectivity index (χ1v) is 9.64. The third-order valence-corrected chi connectivity index (χ3v) is 5.27. The van der Waals surface area contributed by atoms with Crippen molar-refractivity contribution in [3.63, 3.8) is 0 Å². The van der Waals surface area contributed by atoms with E-state index in [2.05, 4.69) is 15.3 Å². The maximum absolute atomic E-state index is 13.9. The van der Waals surface area contributed by atoms with Gasteiger partial charge >= 0.3 is 11.9 Å². The van der Waals surface area contributed by atoms with Gasteiger partial charge in [-0.25, -0.2) is 18.6 Å². The van der Waals surface area contributed by atoms with Crippen LogP contribution in [0, 0.1) is 0 Å². The van der Waals surface area contributed by atoms with Crippen LogP contribution in [0.4, 0.5) is 8.78 Å². The lowest BCUT2D eigenvalue weighted by Crippen LogP contribution is -2.54. The predicted octanol–water partition coefficient (Wildman–Crippen LogP) is 1.49. The highest BCUT2D eigenvalue weighted by Gasteiger charge is 2.43. The number of carboxylic acid groups (broad SMARTS) is 1. The quantitative estimate of drug-likeness (QED) is 0.680. The Morgan fingerprint density at radius 2 is 2.29 bits per heavy atom. The van der Waals surface area contributed by atoms with Gasteiger partial charge in [-0.1, -0.05) is 0 Å². The van der Waals surface area contributed by atoms with Gasteiger partial charge in [-0.05, 0) is 13.3 Å². The number of alkyl halides is 2. The van der Waals surface area contributed by atoms with E-state index in [9.17, 15) is 23.5 Å². The molecule has 8 nitrogen and oxygen atoms in total. The zero-order chi connectivity index (χ0) is 20.3. The minimum absolute atomic E-state index is 0.00193. The molecule has 0 spiro atoms. The Hall–Kier alpha value is -2.40. The van der Waals surface area contributed by atoms with Crippen molar-refractivity contribution >= 4 is 29.1 Å². The van der Waals surface area contributed by atoms with Crippen LogP contribution in [-0.4, -0.2) is 71.0 Å². The Balaban J connectivity index is 1.88. The summed E-state index contributed by atoms with van der Waals surface area (Å²) >= 11 is 1.33. The van der Waals surface area contributed by atoms with E-state index >= 15 is 0 Å². The largest absolute Gasteiger partial charge is 0.480 e. The first-order chi connectivity index (χ1) is 13.3. The number of carboxylic acids is 1. The third kappa shape index (κ3) is 4.53. The van der Waals surface area contributed by atoms with Crippen LogP contribution < -0.4 is 5.32 Å². The lowest BCUT2D eigenvalue weighted by atomic mass is 9.98. The second kappa shape index (κ2) is 8.31. The summed E-state index contributed by atoms with van der Waals surface area (Å²) in [5.41, 5.74) is 0.503. The minimum Gasteiger partial charge on any atom is -0.480 e. The molecule has 0 aromatic carbocycles. The van der Waals surface area contributed by atoms with Gasteiger partial charge in [0.2, 0.25) is 0 Å². The molecule has 2 N–H and O–H groups in total. The number of hydrogen-bond acceptors (Lipinski definition) is 8. The van der Waals surface area contributed by atoms with E-state index in [1.807, 2.05) is 0 Å². The Morgan fingerprint density at radius 1 is 1.50 bits per heavy atom. The van der Waals surface area contributed by atoms with Gasteiger partial charge in [-0.3, -0.25) is 14.7 Å². The third-order valence-electron chi connectivity index (χ3n) is 4.49. The number of esters is 1. The molecule has 0 bridgehead atoms. The van der Waals surface area contributed by atoms with Gasteiger partial charge < -0.3 is 15.2 Å². The molecule has 0 radical (unpaired) electrons. The monoisotopic (exact) mass is 414 g/mol. The maximum Gasteiger partial charge on any atom is 0.337 e.